The lowest BCUT2D eigenvalue weighted by molar-refractivity contribution is 0.333. The highest BCUT2D eigenvalue weighted by Crippen LogP contribution is 2.34. The van der Waals surface area contributed by atoms with Crippen molar-refractivity contribution >= 4 is 6.08 Å². The van der Waals surface area contributed by atoms with Gasteiger partial charge < -0.3 is 10.5 Å². The van der Waals surface area contributed by atoms with E-state index in [4.69, 9.17) is 10.5 Å². The summed E-state index contributed by atoms with van der Waals surface area (Å²) in [7, 11) is 0. The largest absolute Gasteiger partial charge is 0.491 e. The van der Waals surface area contributed by atoms with Crippen molar-refractivity contribution < 1.29 is 4.74 Å². The van der Waals surface area contributed by atoms with E-state index in [9.17, 15) is 0 Å². The van der Waals surface area contributed by atoms with E-state index in [1.165, 1.54) is 0 Å². The van der Waals surface area contributed by atoms with Crippen LogP contribution < -0.4 is 10.5 Å². The Bertz CT molecular complexity index is 320. The Morgan fingerprint density at radius 3 is 3.17 bits per heavy atom. The molecule has 1 aliphatic rings. The molecule has 2 heteroatoms. The summed E-state index contributed by atoms with van der Waals surface area (Å²) in [5, 5.41) is 0. The van der Waals surface area contributed by atoms with E-state index in [-0.39, 0.29) is 6.04 Å². The molecule has 1 atom stereocenters. The van der Waals surface area contributed by atoms with Crippen LogP contribution in [0.3, 0.4) is 0 Å². The van der Waals surface area contributed by atoms with Gasteiger partial charge in [-0.15, -0.1) is 0 Å². The second-order valence-electron chi connectivity index (χ2n) is 2.89. The van der Waals surface area contributed by atoms with Crippen molar-refractivity contribution in [1.82, 2.24) is 0 Å². The number of para-hydroxylation sites is 1. The van der Waals surface area contributed by atoms with E-state index in [0.29, 0.717) is 6.61 Å². The summed E-state index contributed by atoms with van der Waals surface area (Å²) in [5.41, 5.74) is 7.93. The Labute approximate surface area is 71.6 Å². The van der Waals surface area contributed by atoms with Crippen molar-refractivity contribution in [3.05, 3.63) is 35.9 Å². The molecule has 0 amide bonds. The third kappa shape index (κ3) is 0.924. The number of hydrogen-bond acceptors (Lipinski definition) is 2. The molecule has 0 fully saturated rings. The molecule has 0 spiro atoms. The molecule has 2 N–H and O–H groups in total. The second kappa shape index (κ2) is 2.64. The minimum atomic E-state index is 0.0277. The molecule has 0 bridgehead atoms. The second-order valence-corrected chi connectivity index (χ2v) is 2.89. The first-order chi connectivity index (χ1) is 5.83. The van der Waals surface area contributed by atoms with Gasteiger partial charge >= 0.3 is 0 Å². The fourth-order valence-electron chi connectivity index (χ4n) is 1.46. The summed E-state index contributed by atoms with van der Waals surface area (Å²) >= 11 is 0. The maximum Gasteiger partial charge on any atom is 0.131 e. The predicted molar refractivity (Wildman–Crippen MR) is 49.0 cm³/mol. The van der Waals surface area contributed by atoms with Gasteiger partial charge in [0.2, 0.25) is 0 Å². The molecule has 0 aliphatic carbocycles. The third-order valence-electron chi connectivity index (χ3n) is 2.10. The first kappa shape index (κ1) is 7.37. The zero-order valence-electron chi connectivity index (χ0n) is 6.79. The highest BCUT2D eigenvalue weighted by atomic mass is 16.5. The zero-order chi connectivity index (χ0) is 8.55. The van der Waals surface area contributed by atoms with E-state index in [0.717, 1.165) is 16.9 Å². The van der Waals surface area contributed by atoms with Crippen LogP contribution in [0.25, 0.3) is 6.08 Å². The van der Waals surface area contributed by atoms with Crippen molar-refractivity contribution in [3.63, 3.8) is 0 Å². The molecule has 0 radical (unpaired) electrons. The Kier molecular flexibility index (Phi) is 1.62. The van der Waals surface area contributed by atoms with Crippen LogP contribution in [0.15, 0.2) is 24.8 Å². The maximum atomic E-state index is 5.81. The lowest BCUT2D eigenvalue weighted by Gasteiger charge is -2.02. The van der Waals surface area contributed by atoms with Gasteiger partial charge in [0, 0.05) is 11.1 Å². The molecule has 0 saturated heterocycles. The average Bonchev–Trinajstić information content (AvgIpc) is 2.48. The van der Waals surface area contributed by atoms with Gasteiger partial charge in [-0.3, -0.25) is 0 Å². The number of benzene rings is 1. The van der Waals surface area contributed by atoms with Crippen LogP contribution in [-0.4, -0.2) is 6.61 Å². The smallest absolute Gasteiger partial charge is 0.131 e. The zero-order valence-corrected chi connectivity index (χ0v) is 6.79. The van der Waals surface area contributed by atoms with Gasteiger partial charge in [0.05, 0.1) is 6.04 Å². The molecule has 62 valence electrons. The summed E-state index contributed by atoms with van der Waals surface area (Å²) in [5.74, 6) is 0.903. The van der Waals surface area contributed by atoms with Crippen LogP contribution in [0, 0.1) is 0 Å². The first-order valence-corrected chi connectivity index (χ1v) is 3.96. The molecule has 1 aliphatic heterocycles. The Morgan fingerprint density at radius 2 is 2.42 bits per heavy atom. The van der Waals surface area contributed by atoms with Crippen molar-refractivity contribution in [1.29, 1.82) is 0 Å². The van der Waals surface area contributed by atoms with E-state index in [1.54, 1.807) is 6.08 Å². The molecule has 2 rings (SSSR count). The minimum absolute atomic E-state index is 0.0277. The minimum Gasteiger partial charge on any atom is -0.491 e. The lowest BCUT2D eigenvalue weighted by atomic mass is 10.1. The number of ether oxygens (including phenoxy) is 1. The number of nitrogens with two attached hydrogens (primary N) is 1. The van der Waals surface area contributed by atoms with Crippen molar-refractivity contribution in [2.75, 3.05) is 6.61 Å². The van der Waals surface area contributed by atoms with Gasteiger partial charge in [0.1, 0.15) is 12.4 Å². The molecule has 0 saturated carbocycles. The Balaban J connectivity index is 2.57. The Morgan fingerprint density at radius 1 is 1.58 bits per heavy atom. The van der Waals surface area contributed by atoms with Gasteiger partial charge in [0.15, 0.2) is 0 Å². The molecular weight excluding hydrogens is 150 g/mol. The maximum absolute atomic E-state index is 5.81. The van der Waals surface area contributed by atoms with Crippen LogP contribution in [0.2, 0.25) is 0 Å². The molecular formula is C10H11NO. The molecule has 0 unspecified atom stereocenters. The van der Waals surface area contributed by atoms with Crippen LogP contribution >= 0.6 is 0 Å². The molecule has 1 aromatic carbocycles. The fraction of sp³-hybridized carbons (Fsp3) is 0.200. The van der Waals surface area contributed by atoms with Gasteiger partial charge in [-0.1, -0.05) is 30.9 Å². The van der Waals surface area contributed by atoms with Crippen LogP contribution in [0.1, 0.15) is 17.2 Å². The summed E-state index contributed by atoms with van der Waals surface area (Å²) in [4.78, 5) is 0. The van der Waals surface area contributed by atoms with Crippen molar-refractivity contribution in [3.8, 4) is 5.75 Å². The molecule has 1 aromatic rings. The standard InChI is InChI=1S/C10H11NO/c1-2-7-4-3-5-8-9(11)6-12-10(7)8/h2-5,9H,1,6,11H2/t9-/m1/s1. The lowest BCUT2D eigenvalue weighted by Crippen LogP contribution is -2.10. The summed E-state index contributed by atoms with van der Waals surface area (Å²) in [6.07, 6.45) is 1.79. The molecule has 2 nitrogen and oxygen atoms in total. The van der Waals surface area contributed by atoms with E-state index in [2.05, 4.69) is 6.58 Å². The summed E-state index contributed by atoms with van der Waals surface area (Å²) in [6.45, 7) is 4.30. The highest BCUT2D eigenvalue weighted by Gasteiger charge is 2.21. The van der Waals surface area contributed by atoms with Gasteiger partial charge in [-0.05, 0) is 0 Å². The fourth-order valence-corrected chi connectivity index (χ4v) is 1.46. The number of fused-ring (bicyclic) bond motifs is 1. The summed E-state index contributed by atoms with van der Waals surface area (Å²) < 4.78 is 5.44. The topological polar surface area (TPSA) is 35.2 Å². The highest BCUT2D eigenvalue weighted by molar-refractivity contribution is 5.60. The summed E-state index contributed by atoms with van der Waals surface area (Å²) in [6, 6.07) is 5.98. The number of hydrogen-bond donors (Lipinski definition) is 1. The Hall–Kier alpha value is -1.28. The predicted octanol–water partition coefficient (Wildman–Crippen LogP) is 1.72. The molecule has 0 aromatic heterocycles. The van der Waals surface area contributed by atoms with Crippen molar-refractivity contribution in [2.24, 2.45) is 5.73 Å². The molecule has 1 heterocycles. The normalized spacial score (nSPS) is 19.9. The molecule has 12 heavy (non-hydrogen) atoms. The van der Waals surface area contributed by atoms with Crippen LogP contribution in [0.4, 0.5) is 0 Å². The van der Waals surface area contributed by atoms with E-state index < -0.39 is 0 Å². The number of rotatable bonds is 1. The quantitative estimate of drug-likeness (QED) is 0.680. The van der Waals surface area contributed by atoms with Gasteiger partial charge in [-0.2, -0.15) is 0 Å². The van der Waals surface area contributed by atoms with Gasteiger partial charge in [0.25, 0.3) is 0 Å². The van der Waals surface area contributed by atoms with Crippen LogP contribution in [0.5, 0.6) is 5.75 Å². The van der Waals surface area contributed by atoms with Crippen LogP contribution in [-0.2, 0) is 0 Å². The van der Waals surface area contributed by atoms with E-state index >= 15 is 0 Å². The SMILES string of the molecule is C=Cc1cccc2c1OC[C@H]2N. The third-order valence-corrected chi connectivity index (χ3v) is 2.10. The first-order valence-electron chi connectivity index (χ1n) is 3.96. The monoisotopic (exact) mass is 161 g/mol. The van der Waals surface area contributed by atoms with E-state index in [1.807, 2.05) is 18.2 Å². The van der Waals surface area contributed by atoms with Gasteiger partial charge in [-0.25, -0.2) is 0 Å². The average molecular weight is 161 g/mol. The van der Waals surface area contributed by atoms with Crippen molar-refractivity contribution in [2.45, 2.75) is 6.04 Å².